The Bertz CT molecular complexity index is 1030. The SMILES string of the molecule is Cc1ccc(-c2csc(NC(=O)COC(=O)CNC(=O)COc3ccccc3)n2)cc1. The van der Waals surface area contributed by atoms with Crippen LogP contribution in [0.3, 0.4) is 0 Å². The first kappa shape index (κ1) is 22.0. The van der Waals surface area contributed by atoms with E-state index in [1.54, 1.807) is 24.3 Å². The van der Waals surface area contributed by atoms with Gasteiger partial charge in [-0.25, -0.2) is 4.98 Å². The zero-order valence-electron chi connectivity index (χ0n) is 16.8. The molecule has 0 aliphatic heterocycles. The van der Waals surface area contributed by atoms with Crippen molar-refractivity contribution in [2.24, 2.45) is 0 Å². The molecule has 0 saturated heterocycles. The van der Waals surface area contributed by atoms with Crippen LogP contribution in [0, 0.1) is 6.92 Å². The highest BCUT2D eigenvalue weighted by Gasteiger charge is 2.12. The van der Waals surface area contributed by atoms with E-state index in [-0.39, 0.29) is 13.2 Å². The van der Waals surface area contributed by atoms with Gasteiger partial charge >= 0.3 is 5.97 Å². The van der Waals surface area contributed by atoms with E-state index in [1.165, 1.54) is 11.3 Å². The first-order valence-corrected chi connectivity index (χ1v) is 10.3. The molecule has 0 fully saturated rings. The molecule has 2 N–H and O–H groups in total. The number of hydrogen-bond donors (Lipinski definition) is 2. The molecular formula is C22H21N3O5S. The van der Waals surface area contributed by atoms with Gasteiger partial charge in [-0.15, -0.1) is 11.3 Å². The average Bonchev–Trinajstić information content (AvgIpc) is 3.24. The van der Waals surface area contributed by atoms with Crippen molar-refractivity contribution in [1.82, 2.24) is 10.3 Å². The molecule has 0 spiro atoms. The Balaban J connectivity index is 1.35. The summed E-state index contributed by atoms with van der Waals surface area (Å²) in [7, 11) is 0. The van der Waals surface area contributed by atoms with Crippen LogP contribution in [0.4, 0.5) is 5.13 Å². The molecule has 0 bridgehead atoms. The van der Waals surface area contributed by atoms with Crippen LogP contribution in [-0.4, -0.2) is 42.5 Å². The predicted molar refractivity (Wildman–Crippen MR) is 117 cm³/mol. The standard InChI is InChI=1S/C22H21N3O5S/c1-15-7-9-16(10-8-15)18-14-31-22(24-18)25-20(27)13-30-21(28)11-23-19(26)12-29-17-5-3-2-4-6-17/h2-10,14H,11-13H2,1H3,(H,23,26)(H,24,25,27). The van der Waals surface area contributed by atoms with Gasteiger partial charge in [-0.05, 0) is 19.1 Å². The van der Waals surface area contributed by atoms with Crippen molar-refractivity contribution in [2.75, 3.05) is 25.1 Å². The van der Waals surface area contributed by atoms with E-state index in [0.29, 0.717) is 10.9 Å². The molecule has 160 valence electrons. The van der Waals surface area contributed by atoms with Crippen molar-refractivity contribution in [1.29, 1.82) is 0 Å². The second-order valence-electron chi connectivity index (χ2n) is 6.49. The fraction of sp³-hybridized carbons (Fsp3) is 0.182. The Hall–Kier alpha value is -3.72. The fourth-order valence-electron chi connectivity index (χ4n) is 2.43. The van der Waals surface area contributed by atoms with Crippen molar-refractivity contribution in [3.63, 3.8) is 0 Å². The van der Waals surface area contributed by atoms with E-state index >= 15 is 0 Å². The van der Waals surface area contributed by atoms with Crippen LogP contribution >= 0.6 is 11.3 Å². The number of carbonyl (C=O) groups excluding carboxylic acids is 3. The molecule has 31 heavy (non-hydrogen) atoms. The summed E-state index contributed by atoms with van der Waals surface area (Å²) in [5.74, 6) is -1.18. The van der Waals surface area contributed by atoms with E-state index in [0.717, 1.165) is 16.8 Å². The summed E-state index contributed by atoms with van der Waals surface area (Å²) in [6, 6.07) is 16.7. The van der Waals surface area contributed by atoms with Crippen molar-refractivity contribution in [2.45, 2.75) is 6.92 Å². The molecule has 2 aromatic carbocycles. The zero-order chi connectivity index (χ0) is 22.1. The largest absolute Gasteiger partial charge is 0.484 e. The lowest BCUT2D eigenvalue weighted by molar-refractivity contribution is -0.147. The lowest BCUT2D eigenvalue weighted by atomic mass is 10.1. The van der Waals surface area contributed by atoms with E-state index in [4.69, 9.17) is 9.47 Å². The van der Waals surface area contributed by atoms with Gasteiger partial charge in [-0.2, -0.15) is 0 Å². The molecule has 0 aliphatic carbocycles. The van der Waals surface area contributed by atoms with Gasteiger partial charge in [0.2, 0.25) is 0 Å². The van der Waals surface area contributed by atoms with Crippen molar-refractivity contribution < 1.29 is 23.9 Å². The monoisotopic (exact) mass is 439 g/mol. The van der Waals surface area contributed by atoms with Crippen molar-refractivity contribution >= 4 is 34.3 Å². The molecule has 0 atom stereocenters. The summed E-state index contributed by atoms with van der Waals surface area (Å²) in [6.45, 7) is 0.931. The summed E-state index contributed by atoms with van der Waals surface area (Å²) in [5, 5.41) is 7.20. The van der Waals surface area contributed by atoms with Gasteiger partial charge in [0.1, 0.15) is 12.3 Å². The Morgan fingerprint density at radius 3 is 2.45 bits per heavy atom. The minimum absolute atomic E-state index is 0.231. The smallest absolute Gasteiger partial charge is 0.325 e. The number of nitrogens with zero attached hydrogens (tertiary/aromatic N) is 1. The molecule has 0 aliphatic rings. The predicted octanol–water partition coefficient (Wildman–Crippen LogP) is 2.80. The first-order valence-electron chi connectivity index (χ1n) is 9.42. The van der Waals surface area contributed by atoms with Crippen molar-refractivity contribution in [3.05, 3.63) is 65.5 Å². The summed E-state index contributed by atoms with van der Waals surface area (Å²) in [6.07, 6.45) is 0. The minimum atomic E-state index is -0.734. The maximum absolute atomic E-state index is 12.0. The molecule has 0 unspecified atom stereocenters. The van der Waals surface area contributed by atoms with Gasteiger partial charge in [0.25, 0.3) is 11.8 Å². The highest BCUT2D eigenvalue weighted by molar-refractivity contribution is 7.14. The van der Waals surface area contributed by atoms with Crippen LogP contribution in [-0.2, 0) is 19.1 Å². The van der Waals surface area contributed by atoms with Crippen LogP contribution in [0.1, 0.15) is 5.56 Å². The minimum Gasteiger partial charge on any atom is -0.484 e. The lowest BCUT2D eigenvalue weighted by Crippen LogP contribution is -2.35. The third-order valence-corrected chi connectivity index (χ3v) is 4.76. The van der Waals surface area contributed by atoms with Crippen LogP contribution < -0.4 is 15.4 Å². The number of thiazole rings is 1. The lowest BCUT2D eigenvalue weighted by Gasteiger charge is -2.07. The first-order chi connectivity index (χ1) is 15.0. The van der Waals surface area contributed by atoms with E-state index in [9.17, 15) is 14.4 Å². The highest BCUT2D eigenvalue weighted by Crippen LogP contribution is 2.25. The Kier molecular flexibility index (Phi) is 7.72. The number of esters is 1. The number of nitrogens with one attached hydrogen (secondary N) is 2. The van der Waals surface area contributed by atoms with Gasteiger partial charge in [-0.3, -0.25) is 19.7 Å². The number of amides is 2. The molecule has 0 radical (unpaired) electrons. The number of aromatic nitrogens is 1. The van der Waals surface area contributed by atoms with Crippen LogP contribution in [0.2, 0.25) is 0 Å². The second kappa shape index (κ2) is 10.9. The van der Waals surface area contributed by atoms with Gasteiger partial charge < -0.3 is 14.8 Å². The molecule has 2 amide bonds. The number of carbonyl (C=O) groups is 3. The maximum atomic E-state index is 12.0. The topological polar surface area (TPSA) is 107 Å². The Morgan fingerprint density at radius 2 is 1.71 bits per heavy atom. The third-order valence-electron chi connectivity index (χ3n) is 4.01. The van der Waals surface area contributed by atoms with Gasteiger partial charge in [0.05, 0.1) is 5.69 Å². The summed E-state index contributed by atoms with van der Waals surface area (Å²) >= 11 is 1.27. The zero-order valence-corrected chi connectivity index (χ0v) is 17.6. The van der Waals surface area contributed by atoms with Crippen LogP contribution in [0.15, 0.2) is 60.0 Å². The van der Waals surface area contributed by atoms with Crippen LogP contribution in [0.5, 0.6) is 5.75 Å². The van der Waals surface area contributed by atoms with E-state index in [2.05, 4.69) is 15.6 Å². The average molecular weight is 439 g/mol. The number of hydrogen-bond acceptors (Lipinski definition) is 7. The number of ether oxygens (including phenoxy) is 2. The highest BCUT2D eigenvalue weighted by atomic mass is 32.1. The quantitative estimate of drug-likeness (QED) is 0.497. The maximum Gasteiger partial charge on any atom is 0.325 e. The van der Waals surface area contributed by atoms with Crippen LogP contribution in [0.25, 0.3) is 11.3 Å². The summed E-state index contributed by atoms with van der Waals surface area (Å²) < 4.78 is 10.1. The number of aryl methyl sites for hydroxylation is 1. The number of anilines is 1. The molecule has 1 heterocycles. The van der Waals surface area contributed by atoms with Gasteiger partial charge in [0, 0.05) is 10.9 Å². The number of benzene rings is 2. The van der Waals surface area contributed by atoms with Gasteiger partial charge in [-0.1, -0.05) is 48.0 Å². The normalized spacial score (nSPS) is 10.2. The molecular weight excluding hydrogens is 418 g/mol. The summed E-state index contributed by atoms with van der Waals surface area (Å²) in [4.78, 5) is 39.8. The molecule has 3 aromatic rings. The Morgan fingerprint density at radius 1 is 0.968 bits per heavy atom. The molecule has 9 heteroatoms. The van der Waals surface area contributed by atoms with Crippen molar-refractivity contribution in [3.8, 4) is 17.0 Å². The van der Waals surface area contributed by atoms with E-state index < -0.39 is 24.4 Å². The summed E-state index contributed by atoms with van der Waals surface area (Å²) in [5.41, 5.74) is 2.84. The fourth-order valence-corrected chi connectivity index (χ4v) is 3.16. The molecule has 0 saturated carbocycles. The molecule has 3 rings (SSSR count). The number of rotatable bonds is 9. The molecule has 8 nitrogen and oxygen atoms in total. The van der Waals surface area contributed by atoms with E-state index in [1.807, 2.05) is 42.6 Å². The third kappa shape index (κ3) is 7.23. The number of para-hydroxylation sites is 1. The Labute approximate surface area is 183 Å². The molecule has 1 aromatic heterocycles. The van der Waals surface area contributed by atoms with Gasteiger partial charge in [0.15, 0.2) is 18.3 Å². The second-order valence-corrected chi connectivity index (χ2v) is 7.35.